The first-order chi connectivity index (χ1) is 7.69. The van der Waals surface area contributed by atoms with Crippen LogP contribution in [0, 0.1) is 5.92 Å². The molecule has 1 fully saturated rings. The Labute approximate surface area is 105 Å². The van der Waals surface area contributed by atoms with E-state index in [-0.39, 0.29) is 22.8 Å². The van der Waals surface area contributed by atoms with Gasteiger partial charge in [-0.25, -0.2) is 0 Å². The molecule has 0 aliphatic heterocycles. The van der Waals surface area contributed by atoms with Crippen molar-refractivity contribution in [1.29, 1.82) is 0 Å². The fourth-order valence-electron chi connectivity index (χ4n) is 1.86. The summed E-state index contributed by atoms with van der Waals surface area (Å²) in [6.45, 7) is 3.42. The number of alkyl halides is 1. The topological polar surface area (TPSA) is 44.8 Å². The number of ether oxygens (including phenoxy) is 3. The molecule has 0 aromatic heterocycles. The molecule has 1 aliphatic carbocycles. The Morgan fingerprint density at radius 1 is 1.38 bits per heavy atom. The van der Waals surface area contributed by atoms with Crippen LogP contribution in [0.15, 0.2) is 0 Å². The van der Waals surface area contributed by atoms with Gasteiger partial charge in [0.1, 0.15) is 0 Å². The van der Waals surface area contributed by atoms with Crippen LogP contribution >= 0.6 is 15.9 Å². The maximum atomic E-state index is 11.5. The zero-order valence-electron chi connectivity index (χ0n) is 9.78. The first-order valence-electron chi connectivity index (χ1n) is 5.60. The van der Waals surface area contributed by atoms with E-state index >= 15 is 0 Å². The highest BCUT2D eigenvalue weighted by Gasteiger charge is 2.37. The quantitative estimate of drug-likeness (QED) is 0.425. The van der Waals surface area contributed by atoms with Crippen LogP contribution in [0.3, 0.4) is 0 Å². The average molecular weight is 295 g/mol. The van der Waals surface area contributed by atoms with E-state index in [0.717, 1.165) is 12.8 Å². The van der Waals surface area contributed by atoms with Crippen molar-refractivity contribution in [3.8, 4) is 0 Å². The Balaban J connectivity index is 2.32. The second kappa shape index (κ2) is 7.25. The molecule has 0 amide bonds. The standard InChI is InChI=1S/C11H19BrO4/c1-3-15-11(13)8-6-9(12)10(7-8)16-5-4-14-2/h8-10H,3-7H2,1-2H3. The summed E-state index contributed by atoms with van der Waals surface area (Å²) in [7, 11) is 1.64. The minimum Gasteiger partial charge on any atom is -0.466 e. The lowest BCUT2D eigenvalue weighted by atomic mass is 10.1. The van der Waals surface area contributed by atoms with Crippen LogP contribution in [0.2, 0.25) is 0 Å². The molecule has 16 heavy (non-hydrogen) atoms. The summed E-state index contributed by atoms with van der Waals surface area (Å²) >= 11 is 3.54. The smallest absolute Gasteiger partial charge is 0.309 e. The van der Waals surface area contributed by atoms with Crippen molar-refractivity contribution in [2.24, 2.45) is 5.92 Å². The van der Waals surface area contributed by atoms with E-state index < -0.39 is 0 Å². The van der Waals surface area contributed by atoms with Crippen LogP contribution in [0.25, 0.3) is 0 Å². The summed E-state index contributed by atoms with van der Waals surface area (Å²) in [4.78, 5) is 11.8. The third-order valence-electron chi connectivity index (χ3n) is 2.67. The Bertz CT molecular complexity index is 222. The van der Waals surface area contributed by atoms with Gasteiger partial charge in [0.05, 0.1) is 31.8 Å². The fraction of sp³-hybridized carbons (Fsp3) is 0.909. The first-order valence-corrected chi connectivity index (χ1v) is 6.51. The molecule has 0 aromatic carbocycles. The number of methoxy groups -OCH3 is 1. The number of carbonyl (C=O) groups is 1. The molecule has 0 aromatic rings. The van der Waals surface area contributed by atoms with Crippen LogP contribution in [0.1, 0.15) is 19.8 Å². The molecule has 0 radical (unpaired) electrons. The van der Waals surface area contributed by atoms with E-state index in [1.165, 1.54) is 0 Å². The summed E-state index contributed by atoms with van der Waals surface area (Å²) in [5, 5.41) is 0. The van der Waals surface area contributed by atoms with E-state index in [1.807, 2.05) is 6.92 Å². The molecule has 0 heterocycles. The van der Waals surface area contributed by atoms with Gasteiger partial charge in [-0.2, -0.15) is 0 Å². The van der Waals surface area contributed by atoms with Crippen molar-refractivity contribution in [2.75, 3.05) is 26.9 Å². The summed E-state index contributed by atoms with van der Waals surface area (Å²) < 4.78 is 15.6. The van der Waals surface area contributed by atoms with Gasteiger partial charge in [0, 0.05) is 11.9 Å². The molecule has 94 valence electrons. The lowest BCUT2D eigenvalue weighted by Gasteiger charge is -2.14. The predicted molar refractivity (Wildman–Crippen MR) is 63.7 cm³/mol. The molecule has 0 N–H and O–H groups in total. The van der Waals surface area contributed by atoms with Crippen LogP contribution < -0.4 is 0 Å². The Hall–Kier alpha value is -0.130. The minimum atomic E-state index is -0.107. The maximum Gasteiger partial charge on any atom is 0.309 e. The van der Waals surface area contributed by atoms with Gasteiger partial charge in [-0.3, -0.25) is 4.79 Å². The van der Waals surface area contributed by atoms with Crippen molar-refractivity contribution in [2.45, 2.75) is 30.7 Å². The fourth-order valence-corrected chi connectivity index (χ4v) is 2.68. The summed E-state index contributed by atoms with van der Waals surface area (Å²) in [5.41, 5.74) is 0. The van der Waals surface area contributed by atoms with Crippen molar-refractivity contribution >= 4 is 21.9 Å². The second-order valence-corrected chi connectivity index (χ2v) is 5.01. The number of halogens is 1. The van der Waals surface area contributed by atoms with Gasteiger partial charge in [0.2, 0.25) is 0 Å². The highest BCUT2D eigenvalue weighted by atomic mass is 79.9. The largest absolute Gasteiger partial charge is 0.466 e. The lowest BCUT2D eigenvalue weighted by molar-refractivity contribution is -0.148. The van der Waals surface area contributed by atoms with Crippen LogP contribution in [-0.4, -0.2) is 43.8 Å². The zero-order chi connectivity index (χ0) is 12.0. The van der Waals surface area contributed by atoms with E-state index in [2.05, 4.69) is 15.9 Å². The SMILES string of the molecule is CCOC(=O)C1CC(Br)C(OCCOC)C1. The van der Waals surface area contributed by atoms with Crippen LogP contribution in [-0.2, 0) is 19.0 Å². The number of carbonyl (C=O) groups excluding carboxylic acids is 1. The molecule has 1 saturated carbocycles. The lowest BCUT2D eigenvalue weighted by Crippen LogP contribution is -2.20. The Morgan fingerprint density at radius 2 is 2.12 bits per heavy atom. The van der Waals surface area contributed by atoms with Crippen LogP contribution in [0.4, 0.5) is 0 Å². The van der Waals surface area contributed by atoms with Gasteiger partial charge in [-0.1, -0.05) is 15.9 Å². The van der Waals surface area contributed by atoms with Gasteiger partial charge < -0.3 is 14.2 Å². The van der Waals surface area contributed by atoms with Gasteiger partial charge >= 0.3 is 5.97 Å². The number of esters is 1. The molecule has 4 nitrogen and oxygen atoms in total. The molecule has 0 saturated heterocycles. The van der Waals surface area contributed by atoms with Crippen molar-refractivity contribution in [3.05, 3.63) is 0 Å². The van der Waals surface area contributed by atoms with E-state index in [4.69, 9.17) is 14.2 Å². The number of hydrogen-bond donors (Lipinski definition) is 0. The number of rotatable bonds is 6. The third-order valence-corrected chi connectivity index (χ3v) is 3.63. The predicted octanol–water partition coefficient (Wildman–Crippen LogP) is 1.75. The van der Waals surface area contributed by atoms with E-state index in [1.54, 1.807) is 7.11 Å². The molecule has 0 bridgehead atoms. The molecule has 3 atom stereocenters. The van der Waals surface area contributed by atoms with E-state index in [9.17, 15) is 4.79 Å². The third kappa shape index (κ3) is 4.03. The Kier molecular flexibility index (Phi) is 6.31. The van der Waals surface area contributed by atoms with Gasteiger partial charge in [0.25, 0.3) is 0 Å². The average Bonchev–Trinajstić information content (AvgIpc) is 2.61. The molecule has 0 spiro atoms. The number of hydrogen-bond acceptors (Lipinski definition) is 4. The molecule has 5 heteroatoms. The van der Waals surface area contributed by atoms with Gasteiger partial charge in [0.15, 0.2) is 0 Å². The van der Waals surface area contributed by atoms with E-state index in [0.29, 0.717) is 19.8 Å². The molecule has 3 unspecified atom stereocenters. The van der Waals surface area contributed by atoms with Crippen molar-refractivity contribution in [1.82, 2.24) is 0 Å². The van der Waals surface area contributed by atoms with Gasteiger partial charge in [-0.05, 0) is 19.8 Å². The van der Waals surface area contributed by atoms with Crippen LogP contribution in [0.5, 0.6) is 0 Å². The molecule has 1 aliphatic rings. The monoisotopic (exact) mass is 294 g/mol. The maximum absolute atomic E-state index is 11.5. The molecular weight excluding hydrogens is 276 g/mol. The second-order valence-electron chi connectivity index (χ2n) is 3.84. The molecule has 1 rings (SSSR count). The molecular formula is C11H19BrO4. The minimum absolute atomic E-state index is 0.0307. The Morgan fingerprint density at radius 3 is 2.75 bits per heavy atom. The highest BCUT2D eigenvalue weighted by Crippen LogP contribution is 2.34. The summed E-state index contributed by atoms with van der Waals surface area (Å²) in [6.07, 6.45) is 1.61. The zero-order valence-corrected chi connectivity index (χ0v) is 11.4. The first kappa shape index (κ1) is 13.9. The normalized spacial score (nSPS) is 29.3. The van der Waals surface area contributed by atoms with Crippen molar-refractivity contribution in [3.63, 3.8) is 0 Å². The summed E-state index contributed by atoms with van der Waals surface area (Å²) in [5.74, 6) is -0.137. The summed E-state index contributed by atoms with van der Waals surface area (Å²) in [6, 6.07) is 0. The van der Waals surface area contributed by atoms with Gasteiger partial charge in [-0.15, -0.1) is 0 Å². The van der Waals surface area contributed by atoms with Crippen molar-refractivity contribution < 1.29 is 19.0 Å². The highest BCUT2D eigenvalue weighted by molar-refractivity contribution is 9.09.